The zero-order valence-electron chi connectivity index (χ0n) is 17.8. The molecule has 0 spiro atoms. The summed E-state index contributed by atoms with van der Waals surface area (Å²) < 4.78 is 5.05. The van der Waals surface area contributed by atoms with Gasteiger partial charge in [0.25, 0.3) is 0 Å². The molecule has 2 N–H and O–H groups in total. The van der Waals surface area contributed by atoms with Gasteiger partial charge in [0.15, 0.2) is 0 Å². The van der Waals surface area contributed by atoms with E-state index in [-0.39, 0.29) is 30.0 Å². The molecule has 0 saturated heterocycles. The van der Waals surface area contributed by atoms with Crippen molar-refractivity contribution in [1.29, 1.82) is 0 Å². The number of rotatable bonds is 14. The van der Waals surface area contributed by atoms with Gasteiger partial charge in [0.05, 0.1) is 24.7 Å². The molecule has 1 saturated carbocycles. The van der Waals surface area contributed by atoms with Gasteiger partial charge >= 0.3 is 5.97 Å². The molecule has 4 atom stereocenters. The average molecular weight is 383 g/mol. The normalized spacial score (nSPS) is 23.5. The van der Waals surface area contributed by atoms with Crippen LogP contribution in [0, 0.1) is 11.8 Å². The Bertz CT molecular complexity index is 432. The summed E-state index contributed by atoms with van der Waals surface area (Å²) in [6, 6.07) is 0. The lowest BCUT2D eigenvalue weighted by Crippen LogP contribution is -2.15. The van der Waals surface area contributed by atoms with Crippen molar-refractivity contribution in [2.75, 3.05) is 6.61 Å². The first kappa shape index (κ1) is 24.2. The Morgan fingerprint density at radius 1 is 1.19 bits per heavy atom. The predicted molar refractivity (Wildman–Crippen MR) is 110 cm³/mol. The van der Waals surface area contributed by atoms with Crippen LogP contribution in [0.3, 0.4) is 0 Å². The van der Waals surface area contributed by atoms with E-state index in [2.05, 4.69) is 13.0 Å². The van der Waals surface area contributed by atoms with Crippen LogP contribution >= 0.6 is 0 Å². The maximum atomic E-state index is 11.6. The van der Waals surface area contributed by atoms with E-state index in [0.717, 1.165) is 64.2 Å². The van der Waals surface area contributed by atoms with Gasteiger partial charge in [-0.2, -0.15) is 0 Å². The lowest BCUT2D eigenvalue weighted by atomic mass is 9.92. The lowest BCUT2D eigenvalue weighted by Gasteiger charge is -2.17. The molecule has 2 unspecified atom stereocenters. The first-order chi connectivity index (χ1) is 13.0. The lowest BCUT2D eigenvalue weighted by molar-refractivity contribution is -0.147. The maximum absolute atomic E-state index is 11.6. The van der Waals surface area contributed by atoms with Crippen molar-refractivity contribution >= 4 is 5.97 Å². The molecule has 0 bridgehead atoms. The summed E-state index contributed by atoms with van der Waals surface area (Å²) in [5, 5.41) is 20.4. The third kappa shape index (κ3) is 9.75. The molecule has 1 aliphatic carbocycles. The van der Waals surface area contributed by atoms with E-state index < -0.39 is 0 Å². The summed E-state index contributed by atoms with van der Waals surface area (Å²) >= 11 is 0. The van der Waals surface area contributed by atoms with Crippen LogP contribution in [-0.2, 0) is 9.53 Å². The molecule has 27 heavy (non-hydrogen) atoms. The molecule has 4 nitrogen and oxygen atoms in total. The fourth-order valence-electron chi connectivity index (χ4n) is 4.01. The number of esters is 1. The molecule has 0 aromatic heterocycles. The Balaban J connectivity index is 2.28. The van der Waals surface area contributed by atoms with Crippen LogP contribution in [0.5, 0.6) is 0 Å². The van der Waals surface area contributed by atoms with Crippen LogP contribution in [-0.4, -0.2) is 35.0 Å². The minimum absolute atomic E-state index is 0.0216. The van der Waals surface area contributed by atoms with E-state index in [4.69, 9.17) is 4.74 Å². The summed E-state index contributed by atoms with van der Waals surface area (Å²) in [5.74, 6) is 0.147. The summed E-state index contributed by atoms with van der Waals surface area (Å²) in [6.07, 6.45) is 13.7. The number of aliphatic hydroxyl groups excluding tert-OH is 2. The Kier molecular flexibility index (Phi) is 12.7. The third-order valence-corrected chi connectivity index (χ3v) is 5.80. The quantitative estimate of drug-likeness (QED) is 0.247. The maximum Gasteiger partial charge on any atom is 0.308 e. The highest BCUT2D eigenvalue weighted by Crippen LogP contribution is 2.36. The first-order valence-corrected chi connectivity index (χ1v) is 11.2. The fraction of sp³-hybridized carbons (Fsp3) is 0.870. The molecular weight excluding hydrogens is 340 g/mol. The van der Waals surface area contributed by atoms with E-state index in [1.807, 2.05) is 13.8 Å². The van der Waals surface area contributed by atoms with Gasteiger partial charge in [-0.3, -0.25) is 4.79 Å². The molecule has 0 heterocycles. The zero-order chi connectivity index (χ0) is 20.1. The average Bonchev–Trinajstić information content (AvgIpc) is 3.00. The van der Waals surface area contributed by atoms with Crippen molar-refractivity contribution in [2.24, 2.45) is 11.8 Å². The second-order valence-electron chi connectivity index (χ2n) is 8.17. The molecule has 1 fully saturated rings. The summed E-state index contributed by atoms with van der Waals surface area (Å²) in [6.45, 7) is 6.40. The van der Waals surface area contributed by atoms with Gasteiger partial charge in [-0.25, -0.2) is 0 Å². The van der Waals surface area contributed by atoms with Gasteiger partial charge in [0, 0.05) is 5.92 Å². The van der Waals surface area contributed by atoms with Gasteiger partial charge < -0.3 is 14.9 Å². The smallest absolute Gasteiger partial charge is 0.308 e. The van der Waals surface area contributed by atoms with E-state index >= 15 is 0 Å². The van der Waals surface area contributed by atoms with E-state index in [1.54, 1.807) is 0 Å². The summed E-state index contributed by atoms with van der Waals surface area (Å²) in [7, 11) is 0. The molecule has 158 valence electrons. The molecule has 0 aromatic carbocycles. The highest BCUT2D eigenvalue weighted by Gasteiger charge is 2.29. The van der Waals surface area contributed by atoms with Gasteiger partial charge in [-0.1, -0.05) is 64.0 Å². The number of ether oxygens (including phenoxy) is 1. The summed E-state index contributed by atoms with van der Waals surface area (Å²) in [5.41, 5.74) is 1.34. The number of hydrogen-bond acceptors (Lipinski definition) is 4. The molecule has 0 radical (unpaired) electrons. The molecule has 1 aliphatic rings. The van der Waals surface area contributed by atoms with Crippen molar-refractivity contribution in [1.82, 2.24) is 0 Å². The number of unbranched alkanes of at least 4 members (excludes halogenated alkanes) is 4. The third-order valence-electron chi connectivity index (χ3n) is 5.80. The number of hydrogen-bond donors (Lipinski definition) is 2. The van der Waals surface area contributed by atoms with Crippen molar-refractivity contribution in [3.63, 3.8) is 0 Å². The zero-order valence-corrected chi connectivity index (χ0v) is 17.8. The Hall–Kier alpha value is -0.870. The van der Waals surface area contributed by atoms with Crippen molar-refractivity contribution in [3.8, 4) is 0 Å². The first-order valence-electron chi connectivity index (χ1n) is 11.2. The van der Waals surface area contributed by atoms with Crippen LogP contribution in [0.1, 0.15) is 97.8 Å². The number of carbonyl (C=O) groups is 1. The van der Waals surface area contributed by atoms with E-state index in [0.29, 0.717) is 6.61 Å². The Morgan fingerprint density at radius 2 is 1.93 bits per heavy atom. The minimum Gasteiger partial charge on any atom is -0.466 e. The molecular formula is C23H42O4. The minimum atomic E-state index is -0.244. The molecule has 0 amide bonds. The standard InChI is InChI=1S/C23H42O4/c1-4-6-8-12-20(24)16-14-19-15-17-22(25)21(19)13-10-7-9-11-18(3)23(26)27-5-2/h14,18,20-22,24-25H,4-13,15-17H2,1-3H3/t18?,20?,21-,22+/m1/s1. The summed E-state index contributed by atoms with van der Waals surface area (Å²) in [4.78, 5) is 11.6. The van der Waals surface area contributed by atoms with Crippen LogP contribution in [0.4, 0.5) is 0 Å². The van der Waals surface area contributed by atoms with Crippen LogP contribution < -0.4 is 0 Å². The molecule has 0 aliphatic heterocycles. The molecule has 1 rings (SSSR count). The molecule has 4 heteroatoms. The topological polar surface area (TPSA) is 66.8 Å². The number of carbonyl (C=O) groups excluding carboxylic acids is 1. The SMILES string of the molecule is CCCCCC(O)CC=C1CC[C@H](O)[C@@H]1CCCCCC(C)C(=O)OCC. The van der Waals surface area contributed by atoms with Crippen LogP contribution in [0.15, 0.2) is 11.6 Å². The van der Waals surface area contributed by atoms with E-state index in [1.165, 1.54) is 18.4 Å². The van der Waals surface area contributed by atoms with Gasteiger partial charge in [0.1, 0.15) is 0 Å². The van der Waals surface area contributed by atoms with Crippen LogP contribution in [0.2, 0.25) is 0 Å². The fourth-order valence-corrected chi connectivity index (χ4v) is 4.01. The monoisotopic (exact) mass is 382 g/mol. The van der Waals surface area contributed by atoms with Gasteiger partial charge in [-0.15, -0.1) is 0 Å². The van der Waals surface area contributed by atoms with Gasteiger partial charge in [-0.05, 0) is 45.4 Å². The Morgan fingerprint density at radius 3 is 2.63 bits per heavy atom. The predicted octanol–water partition coefficient (Wildman–Crippen LogP) is 5.16. The largest absolute Gasteiger partial charge is 0.466 e. The van der Waals surface area contributed by atoms with Crippen molar-refractivity contribution in [2.45, 2.75) is 110 Å². The van der Waals surface area contributed by atoms with Crippen molar-refractivity contribution < 1.29 is 19.7 Å². The Labute approximate surface area is 166 Å². The van der Waals surface area contributed by atoms with Crippen molar-refractivity contribution in [3.05, 3.63) is 11.6 Å². The molecule has 0 aromatic rings. The second kappa shape index (κ2) is 14.2. The van der Waals surface area contributed by atoms with E-state index in [9.17, 15) is 15.0 Å². The highest BCUT2D eigenvalue weighted by molar-refractivity contribution is 5.71. The highest BCUT2D eigenvalue weighted by atomic mass is 16.5. The van der Waals surface area contributed by atoms with Gasteiger partial charge in [0.2, 0.25) is 0 Å². The second-order valence-corrected chi connectivity index (χ2v) is 8.17. The van der Waals surface area contributed by atoms with Crippen LogP contribution in [0.25, 0.3) is 0 Å². The number of aliphatic hydroxyl groups is 2.